The summed E-state index contributed by atoms with van der Waals surface area (Å²) in [5.41, 5.74) is 4.60. The second kappa shape index (κ2) is 7.60. The molecule has 0 unspecified atom stereocenters. The average molecular weight is 380 g/mol. The highest BCUT2D eigenvalue weighted by Gasteiger charge is 2.10. The Labute approximate surface area is 162 Å². The molecule has 7 nitrogen and oxygen atoms in total. The Balaban J connectivity index is 1.83. The van der Waals surface area contributed by atoms with Gasteiger partial charge in [-0.25, -0.2) is 5.10 Å². The van der Waals surface area contributed by atoms with Gasteiger partial charge in [-0.3, -0.25) is 0 Å². The van der Waals surface area contributed by atoms with E-state index in [1.54, 1.807) is 12.3 Å². The van der Waals surface area contributed by atoms with E-state index in [2.05, 4.69) is 27.4 Å². The van der Waals surface area contributed by atoms with Crippen LogP contribution < -0.4 is 4.74 Å². The molecule has 0 spiro atoms. The highest BCUT2D eigenvalue weighted by molar-refractivity contribution is 7.71. The monoisotopic (exact) mass is 380 g/mol. The molecular formula is C19H20N6OS. The minimum atomic E-state index is 0.228. The summed E-state index contributed by atoms with van der Waals surface area (Å²) in [7, 11) is 1.85. The van der Waals surface area contributed by atoms with Gasteiger partial charge in [0.25, 0.3) is 0 Å². The number of aromatic amines is 1. The standard InChI is InChI=1S/C19H20N6OS/c1-12-5-6-17(13(2)7-12)26-11-18-22-23-19(27)25(18)21-10-15-8-16(9-20)24(4)14(15)3/h5-8,10H,11H2,1-4H3,(H,23,27)/b21-10-. The van der Waals surface area contributed by atoms with Gasteiger partial charge in [0.2, 0.25) is 4.77 Å². The van der Waals surface area contributed by atoms with Crippen molar-refractivity contribution in [2.45, 2.75) is 27.4 Å². The minimum absolute atomic E-state index is 0.228. The first-order valence-corrected chi connectivity index (χ1v) is 8.78. The van der Waals surface area contributed by atoms with E-state index in [1.165, 1.54) is 10.2 Å². The average Bonchev–Trinajstić information content (AvgIpc) is 3.13. The topological polar surface area (TPSA) is 83.9 Å². The van der Waals surface area contributed by atoms with E-state index in [0.29, 0.717) is 16.3 Å². The summed E-state index contributed by atoms with van der Waals surface area (Å²) in [5.74, 6) is 1.35. The van der Waals surface area contributed by atoms with Gasteiger partial charge in [0.05, 0.1) is 6.21 Å². The molecule has 0 aliphatic carbocycles. The Hall–Kier alpha value is -3.18. The fourth-order valence-corrected chi connectivity index (χ4v) is 2.92. The first-order chi connectivity index (χ1) is 12.9. The maximum Gasteiger partial charge on any atom is 0.216 e. The number of H-pyrrole nitrogens is 1. The molecule has 0 radical (unpaired) electrons. The van der Waals surface area contributed by atoms with Gasteiger partial charge in [-0.1, -0.05) is 17.7 Å². The molecule has 0 saturated heterocycles. The predicted octanol–water partition coefficient (Wildman–Crippen LogP) is 3.54. The third-order valence-electron chi connectivity index (χ3n) is 4.41. The fourth-order valence-electron chi connectivity index (χ4n) is 2.72. The number of hydrogen-bond acceptors (Lipinski definition) is 5. The van der Waals surface area contributed by atoms with Crippen molar-refractivity contribution in [2.24, 2.45) is 12.1 Å². The number of hydrogen-bond donors (Lipinski definition) is 1. The summed E-state index contributed by atoms with van der Waals surface area (Å²) in [6.45, 7) is 6.20. The molecule has 27 heavy (non-hydrogen) atoms. The first-order valence-electron chi connectivity index (χ1n) is 8.38. The summed E-state index contributed by atoms with van der Waals surface area (Å²) in [4.78, 5) is 0. The summed E-state index contributed by atoms with van der Waals surface area (Å²) in [5, 5.41) is 20.5. The van der Waals surface area contributed by atoms with Crippen molar-refractivity contribution in [3.05, 3.63) is 62.9 Å². The number of ether oxygens (including phenoxy) is 1. The molecule has 0 aliphatic heterocycles. The summed E-state index contributed by atoms with van der Waals surface area (Å²) in [6, 6.07) is 9.95. The highest BCUT2D eigenvalue weighted by Crippen LogP contribution is 2.20. The maximum absolute atomic E-state index is 9.15. The molecule has 1 N–H and O–H groups in total. The van der Waals surface area contributed by atoms with Gasteiger partial charge in [0.15, 0.2) is 5.82 Å². The van der Waals surface area contributed by atoms with Crippen LogP contribution in [-0.4, -0.2) is 25.7 Å². The Morgan fingerprint density at radius 1 is 1.33 bits per heavy atom. The van der Waals surface area contributed by atoms with Gasteiger partial charge >= 0.3 is 0 Å². The van der Waals surface area contributed by atoms with Crippen molar-refractivity contribution in [2.75, 3.05) is 0 Å². The zero-order valence-corrected chi connectivity index (χ0v) is 16.5. The van der Waals surface area contributed by atoms with Gasteiger partial charge in [-0.05, 0) is 50.7 Å². The molecule has 3 aromatic rings. The van der Waals surface area contributed by atoms with Crippen LogP contribution in [0.1, 0.15) is 33.9 Å². The van der Waals surface area contributed by atoms with Crippen LogP contribution in [0, 0.1) is 36.9 Å². The van der Waals surface area contributed by atoms with Crippen LogP contribution in [0.2, 0.25) is 0 Å². The molecular weight excluding hydrogens is 360 g/mol. The molecule has 0 bridgehead atoms. The molecule has 2 heterocycles. The van der Waals surface area contributed by atoms with Crippen LogP contribution in [-0.2, 0) is 13.7 Å². The molecule has 0 atom stereocenters. The van der Waals surface area contributed by atoms with E-state index in [0.717, 1.165) is 22.6 Å². The van der Waals surface area contributed by atoms with Crippen LogP contribution in [0.25, 0.3) is 0 Å². The number of aromatic nitrogens is 4. The highest BCUT2D eigenvalue weighted by atomic mass is 32.1. The molecule has 0 amide bonds. The van der Waals surface area contributed by atoms with Gasteiger partial charge in [-0.15, -0.1) is 0 Å². The number of benzene rings is 1. The second-order valence-corrected chi connectivity index (χ2v) is 6.69. The van der Waals surface area contributed by atoms with E-state index >= 15 is 0 Å². The summed E-state index contributed by atoms with van der Waals surface area (Å²) in [6.07, 6.45) is 1.67. The molecule has 138 valence electrons. The molecule has 0 aliphatic rings. The smallest absolute Gasteiger partial charge is 0.216 e. The Bertz CT molecular complexity index is 1110. The fraction of sp³-hybridized carbons (Fsp3) is 0.263. The predicted molar refractivity (Wildman–Crippen MR) is 106 cm³/mol. The van der Waals surface area contributed by atoms with Crippen molar-refractivity contribution < 1.29 is 4.74 Å². The number of nitrogens with zero attached hydrogens (tertiary/aromatic N) is 5. The molecule has 0 fully saturated rings. The molecule has 2 aromatic heterocycles. The van der Waals surface area contributed by atoms with Gasteiger partial charge in [0, 0.05) is 18.3 Å². The molecule has 3 rings (SSSR count). The number of nitrogens with one attached hydrogen (secondary N) is 1. The van der Waals surface area contributed by atoms with E-state index < -0.39 is 0 Å². The zero-order chi connectivity index (χ0) is 19.6. The summed E-state index contributed by atoms with van der Waals surface area (Å²) < 4.78 is 9.60. The van der Waals surface area contributed by atoms with Crippen LogP contribution in [0.15, 0.2) is 29.4 Å². The SMILES string of the molecule is Cc1ccc(OCc2n[nH]c(=S)n2/N=C\c2cc(C#N)n(C)c2C)c(C)c1. The van der Waals surface area contributed by atoms with Gasteiger partial charge in [0.1, 0.15) is 24.1 Å². The van der Waals surface area contributed by atoms with Crippen molar-refractivity contribution in [1.29, 1.82) is 5.26 Å². The van der Waals surface area contributed by atoms with Crippen molar-refractivity contribution in [3.8, 4) is 11.8 Å². The maximum atomic E-state index is 9.15. The third kappa shape index (κ3) is 3.83. The Morgan fingerprint density at radius 2 is 2.11 bits per heavy atom. The zero-order valence-electron chi connectivity index (χ0n) is 15.6. The van der Waals surface area contributed by atoms with Gasteiger partial charge in [-0.2, -0.15) is 20.1 Å². The van der Waals surface area contributed by atoms with Crippen molar-refractivity contribution >= 4 is 18.4 Å². The second-order valence-electron chi connectivity index (χ2n) is 6.30. The lowest BCUT2D eigenvalue weighted by atomic mass is 10.1. The van der Waals surface area contributed by atoms with Crippen molar-refractivity contribution in [1.82, 2.24) is 19.4 Å². The Kier molecular flexibility index (Phi) is 5.23. The number of nitriles is 1. The lowest BCUT2D eigenvalue weighted by Crippen LogP contribution is -2.05. The quantitative estimate of drug-likeness (QED) is 0.542. The van der Waals surface area contributed by atoms with E-state index in [-0.39, 0.29) is 6.61 Å². The van der Waals surface area contributed by atoms with Crippen LogP contribution in [0.3, 0.4) is 0 Å². The molecule has 8 heteroatoms. The number of aryl methyl sites for hydroxylation is 2. The molecule has 1 aromatic carbocycles. The molecule has 0 saturated carbocycles. The lowest BCUT2D eigenvalue weighted by molar-refractivity contribution is 0.288. The largest absolute Gasteiger partial charge is 0.485 e. The van der Waals surface area contributed by atoms with Crippen LogP contribution in [0.5, 0.6) is 5.75 Å². The normalized spacial score (nSPS) is 11.1. The first kappa shape index (κ1) is 18.6. The minimum Gasteiger partial charge on any atom is -0.485 e. The summed E-state index contributed by atoms with van der Waals surface area (Å²) >= 11 is 5.27. The Morgan fingerprint density at radius 3 is 2.78 bits per heavy atom. The van der Waals surface area contributed by atoms with Gasteiger partial charge < -0.3 is 9.30 Å². The van der Waals surface area contributed by atoms with Crippen LogP contribution >= 0.6 is 12.2 Å². The lowest BCUT2D eigenvalue weighted by Gasteiger charge is -2.09. The van der Waals surface area contributed by atoms with E-state index in [4.69, 9.17) is 22.2 Å². The van der Waals surface area contributed by atoms with Crippen LogP contribution in [0.4, 0.5) is 0 Å². The third-order valence-corrected chi connectivity index (χ3v) is 4.67. The van der Waals surface area contributed by atoms with E-state index in [1.807, 2.05) is 44.5 Å². The van der Waals surface area contributed by atoms with E-state index in [9.17, 15) is 0 Å². The number of rotatable bonds is 5. The van der Waals surface area contributed by atoms with Crippen molar-refractivity contribution in [3.63, 3.8) is 0 Å².